The highest BCUT2D eigenvalue weighted by Gasteiger charge is 2.50. The van der Waals surface area contributed by atoms with E-state index in [-0.39, 0.29) is 0 Å². The first kappa shape index (κ1) is 23.3. The largest absolute Gasteiger partial charge is 0.497 e. The molecule has 0 saturated carbocycles. The third-order valence-corrected chi connectivity index (χ3v) is 11.5. The lowest BCUT2D eigenvalue weighted by Gasteiger charge is -2.28. The molecule has 0 unspecified atom stereocenters. The van der Waals surface area contributed by atoms with Crippen LogP contribution in [0, 0.1) is 0 Å². The number of benzene rings is 2. The number of aromatic nitrogens is 4. The van der Waals surface area contributed by atoms with Gasteiger partial charge in [0, 0.05) is 51.0 Å². The van der Waals surface area contributed by atoms with Gasteiger partial charge in [-0.3, -0.25) is 0 Å². The number of ether oxygens (including phenoxy) is 2. The van der Waals surface area contributed by atoms with Gasteiger partial charge in [0.05, 0.1) is 25.0 Å². The third-order valence-electron chi connectivity index (χ3n) is 7.13. The van der Waals surface area contributed by atoms with Crippen LogP contribution in [0.1, 0.15) is 0 Å². The molecule has 2 aromatic carbocycles. The van der Waals surface area contributed by atoms with E-state index in [0.717, 1.165) is 33.6 Å². The molecule has 0 amide bonds. The molecule has 6 nitrogen and oxygen atoms in total. The van der Waals surface area contributed by atoms with Crippen LogP contribution >= 0.6 is 7.26 Å². The molecule has 4 aromatic heterocycles. The summed E-state index contributed by atoms with van der Waals surface area (Å²) in [5.41, 5.74) is 1.92. The molecule has 6 rings (SSSR count). The highest BCUT2D eigenvalue weighted by molar-refractivity contribution is 8.02. The second-order valence-electron chi connectivity index (χ2n) is 9.05. The first-order chi connectivity index (χ1) is 18.1. The number of hydrogen-bond acceptors (Lipinski definition) is 4. The number of pyridine rings is 2. The first-order valence-corrected chi connectivity index (χ1v) is 13.9. The van der Waals surface area contributed by atoms with Crippen LogP contribution in [-0.2, 0) is 14.1 Å². The second-order valence-corrected chi connectivity index (χ2v) is 12.4. The van der Waals surface area contributed by atoms with Gasteiger partial charge in [-0.15, -0.1) is 0 Å². The molecule has 4 heterocycles. The van der Waals surface area contributed by atoms with Crippen LogP contribution in [0.2, 0.25) is 0 Å². The molecule has 6 aromatic rings. The fourth-order valence-electron chi connectivity index (χ4n) is 5.33. The van der Waals surface area contributed by atoms with Crippen molar-refractivity contribution < 1.29 is 9.47 Å². The maximum Gasteiger partial charge on any atom is 0.145 e. The molecule has 0 aliphatic heterocycles. The Morgan fingerprint density at radius 3 is 1.35 bits per heavy atom. The van der Waals surface area contributed by atoms with Crippen molar-refractivity contribution in [2.45, 2.75) is 0 Å². The van der Waals surface area contributed by atoms with Gasteiger partial charge in [-0.25, -0.2) is 9.97 Å². The van der Waals surface area contributed by atoms with Gasteiger partial charge in [0.2, 0.25) is 0 Å². The normalized spacial score (nSPS) is 11.8. The zero-order valence-electron chi connectivity index (χ0n) is 21.3. The quantitative estimate of drug-likeness (QED) is 0.319. The average molecular weight is 508 g/mol. The minimum absolute atomic E-state index is 0.829. The van der Waals surface area contributed by atoms with Gasteiger partial charge in [-0.1, -0.05) is 0 Å². The van der Waals surface area contributed by atoms with Crippen LogP contribution < -0.4 is 30.7 Å². The molecule has 0 saturated heterocycles. The summed E-state index contributed by atoms with van der Waals surface area (Å²) in [6.45, 7) is 0. The molecule has 0 atom stereocenters. The van der Waals surface area contributed by atoms with Crippen molar-refractivity contribution >= 4 is 50.5 Å². The minimum atomic E-state index is -2.45. The summed E-state index contributed by atoms with van der Waals surface area (Å²) in [4.78, 5) is 9.48. The van der Waals surface area contributed by atoms with Gasteiger partial charge in [-0.2, -0.15) is 0 Å². The number of hydrogen-bond donors (Lipinski definition) is 0. The number of aryl methyl sites for hydroxylation is 2. The summed E-state index contributed by atoms with van der Waals surface area (Å²) in [5.74, 6) is 1.66. The van der Waals surface area contributed by atoms with Gasteiger partial charge in [-0.05, 0) is 60.7 Å². The van der Waals surface area contributed by atoms with Crippen molar-refractivity contribution in [2.75, 3.05) is 14.2 Å². The molecular formula is C30H28N4O2P+. The lowest BCUT2D eigenvalue weighted by molar-refractivity contribution is 0.415. The molecule has 7 heteroatoms. The highest BCUT2D eigenvalue weighted by Crippen LogP contribution is 2.57. The van der Waals surface area contributed by atoms with Crippen LogP contribution in [0.5, 0.6) is 11.5 Å². The highest BCUT2D eigenvalue weighted by atomic mass is 31.2. The van der Waals surface area contributed by atoms with E-state index < -0.39 is 7.26 Å². The van der Waals surface area contributed by atoms with E-state index in [1.165, 1.54) is 21.2 Å². The summed E-state index contributed by atoms with van der Waals surface area (Å²) >= 11 is 0. The summed E-state index contributed by atoms with van der Waals surface area (Å²) < 4.78 is 15.3. The molecule has 0 fully saturated rings. The van der Waals surface area contributed by atoms with Gasteiger partial charge < -0.3 is 18.6 Å². The maximum absolute atomic E-state index is 5.55. The molecular weight excluding hydrogens is 479 g/mol. The van der Waals surface area contributed by atoms with Gasteiger partial charge in [0.1, 0.15) is 51.3 Å². The molecule has 0 spiro atoms. The summed E-state index contributed by atoms with van der Waals surface area (Å²) in [5, 5.41) is 7.25. The maximum atomic E-state index is 5.55. The average Bonchev–Trinajstić information content (AvgIpc) is 3.53. The predicted molar refractivity (Wildman–Crippen MR) is 153 cm³/mol. The van der Waals surface area contributed by atoms with E-state index in [2.05, 4.69) is 94.3 Å². The fraction of sp³-hybridized carbons (Fsp3) is 0.133. The molecule has 0 aliphatic carbocycles. The van der Waals surface area contributed by atoms with Crippen LogP contribution in [0.3, 0.4) is 0 Å². The number of nitrogens with zero attached hydrogens (tertiary/aromatic N) is 4. The number of methoxy groups -OCH3 is 2. The zero-order chi connectivity index (χ0) is 25.6. The fourth-order valence-corrected chi connectivity index (χ4v) is 9.85. The summed E-state index contributed by atoms with van der Waals surface area (Å²) in [7, 11) is 5.04. The molecule has 37 heavy (non-hydrogen) atoms. The predicted octanol–water partition coefficient (Wildman–Crippen LogP) is 4.10. The van der Waals surface area contributed by atoms with E-state index in [0.29, 0.717) is 0 Å². The van der Waals surface area contributed by atoms with E-state index in [1.807, 2.05) is 26.5 Å². The smallest absolute Gasteiger partial charge is 0.145 e. The van der Waals surface area contributed by atoms with Gasteiger partial charge in [0.15, 0.2) is 0 Å². The van der Waals surface area contributed by atoms with Gasteiger partial charge in [0.25, 0.3) is 0 Å². The summed E-state index contributed by atoms with van der Waals surface area (Å²) in [6, 6.07) is 25.8. The Morgan fingerprint density at radius 2 is 0.973 bits per heavy atom. The molecule has 0 aliphatic rings. The van der Waals surface area contributed by atoms with Crippen LogP contribution in [0.25, 0.3) is 22.1 Å². The van der Waals surface area contributed by atoms with Crippen LogP contribution in [0.15, 0.2) is 97.6 Å². The molecule has 0 N–H and O–H groups in total. The van der Waals surface area contributed by atoms with Gasteiger partial charge >= 0.3 is 0 Å². The molecule has 184 valence electrons. The van der Waals surface area contributed by atoms with Crippen LogP contribution in [0.4, 0.5) is 0 Å². The van der Waals surface area contributed by atoms with E-state index in [1.54, 1.807) is 14.2 Å². The Bertz CT molecular complexity index is 1590. The van der Waals surface area contributed by atoms with Crippen LogP contribution in [-0.4, -0.2) is 33.3 Å². The summed E-state index contributed by atoms with van der Waals surface area (Å²) in [6.07, 6.45) is 8.04. The monoisotopic (exact) mass is 507 g/mol. The Labute approximate surface area is 216 Å². The number of rotatable bonds is 6. The topological polar surface area (TPSA) is 54.1 Å². The van der Waals surface area contributed by atoms with Crippen molar-refractivity contribution in [3.05, 3.63) is 97.6 Å². The Morgan fingerprint density at radius 1 is 0.568 bits per heavy atom. The Kier molecular flexibility index (Phi) is 5.69. The van der Waals surface area contributed by atoms with E-state index in [9.17, 15) is 0 Å². The zero-order valence-corrected chi connectivity index (χ0v) is 22.2. The van der Waals surface area contributed by atoms with Crippen molar-refractivity contribution in [1.82, 2.24) is 19.1 Å². The first-order valence-electron chi connectivity index (χ1n) is 12.1. The molecule has 0 radical (unpaired) electrons. The lowest BCUT2D eigenvalue weighted by Crippen LogP contribution is -2.39. The lowest BCUT2D eigenvalue weighted by atomic mass is 10.3. The third kappa shape index (κ3) is 3.52. The van der Waals surface area contributed by atoms with Crippen molar-refractivity contribution in [3.63, 3.8) is 0 Å². The molecule has 0 bridgehead atoms. The Balaban J connectivity index is 1.82. The van der Waals surface area contributed by atoms with E-state index in [4.69, 9.17) is 19.4 Å². The van der Waals surface area contributed by atoms with Crippen molar-refractivity contribution in [3.8, 4) is 11.5 Å². The number of fused-ring (bicyclic) bond motifs is 2. The standard InChI is InChI=1S/C30H28N4O2P/c1-33-19-15-25-27(13-17-31-29(25)33)37(23-9-5-21(35-3)6-10-23,24-11-7-22(36-4)8-12-24)28-14-18-32-30-26(28)16-20-34(30)2/h5-20H,1-4H3/q+1. The second kappa shape index (κ2) is 9.06. The van der Waals surface area contributed by atoms with E-state index >= 15 is 0 Å². The SMILES string of the molecule is COc1ccc([P+](c2ccc(OC)cc2)(c2ccnc3c2ccn3C)c2ccnc3c2ccn3C)cc1. The van der Waals surface area contributed by atoms with Crippen molar-refractivity contribution in [2.24, 2.45) is 14.1 Å². The Hall–Kier alpha value is -4.15. The van der Waals surface area contributed by atoms with Crippen molar-refractivity contribution in [1.29, 1.82) is 0 Å². The minimum Gasteiger partial charge on any atom is -0.497 e.